The number of thioether (sulfide) groups is 1. The molecule has 3 aromatic rings. The molecule has 2 aromatic heterocycles. The second-order valence-corrected chi connectivity index (χ2v) is 6.66. The van der Waals surface area contributed by atoms with E-state index in [1.165, 1.54) is 4.57 Å². The summed E-state index contributed by atoms with van der Waals surface area (Å²) in [6.07, 6.45) is 0.637. The second kappa shape index (κ2) is 8.04. The fourth-order valence-electron chi connectivity index (χ4n) is 2.54. The zero-order valence-electron chi connectivity index (χ0n) is 14.6. The van der Waals surface area contributed by atoms with Gasteiger partial charge in [0.1, 0.15) is 11.4 Å². The van der Waals surface area contributed by atoms with Crippen molar-refractivity contribution in [3.05, 3.63) is 56.7 Å². The Balaban J connectivity index is 1.77. The van der Waals surface area contributed by atoms with E-state index in [2.05, 4.69) is 20.2 Å². The molecule has 0 atom stereocenters. The van der Waals surface area contributed by atoms with Crippen molar-refractivity contribution in [2.24, 2.45) is 0 Å². The van der Waals surface area contributed by atoms with Gasteiger partial charge in [0.05, 0.1) is 5.75 Å². The van der Waals surface area contributed by atoms with E-state index in [9.17, 15) is 14.4 Å². The van der Waals surface area contributed by atoms with Gasteiger partial charge in [-0.05, 0) is 6.42 Å². The minimum absolute atomic E-state index is 0.0797. The molecule has 0 bridgehead atoms. The summed E-state index contributed by atoms with van der Waals surface area (Å²) in [7, 11) is 0. The molecule has 0 saturated carbocycles. The summed E-state index contributed by atoms with van der Waals surface area (Å²) in [6, 6.07) is 9.44. The monoisotopic (exact) mass is 386 g/mol. The van der Waals surface area contributed by atoms with E-state index in [0.717, 1.165) is 17.3 Å². The van der Waals surface area contributed by atoms with E-state index in [0.29, 0.717) is 23.9 Å². The Hall–Kier alpha value is -3.14. The number of nitrogen functional groups attached to an aromatic ring is 1. The van der Waals surface area contributed by atoms with Gasteiger partial charge in [-0.15, -0.1) is 5.10 Å². The predicted molar refractivity (Wildman–Crippen MR) is 103 cm³/mol. The van der Waals surface area contributed by atoms with Crippen molar-refractivity contribution >= 4 is 23.4 Å². The quantitative estimate of drug-likeness (QED) is 0.410. The molecule has 0 aliphatic carbocycles. The Morgan fingerprint density at radius 3 is 2.70 bits per heavy atom. The first-order valence-corrected chi connectivity index (χ1v) is 9.26. The van der Waals surface area contributed by atoms with E-state index < -0.39 is 17.0 Å². The predicted octanol–water partition coefficient (Wildman–Crippen LogP) is 1.29. The third-order valence-corrected chi connectivity index (χ3v) is 4.66. The molecule has 10 heteroatoms. The molecular weight excluding hydrogens is 368 g/mol. The first kappa shape index (κ1) is 18.6. The summed E-state index contributed by atoms with van der Waals surface area (Å²) in [5.74, 6) is -0.103. The molecule has 140 valence electrons. The maximum atomic E-state index is 12.5. The SMILES string of the molecule is CCCn1c(N)c(C(=O)CSc2n[nH]c(-c3ccccc3)n2)c(=O)[nH]c1=O. The number of benzene rings is 1. The molecule has 0 spiro atoms. The highest BCUT2D eigenvalue weighted by atomic mass is 32.2. The highest BCUT2D eigenvalue weighted by molar-refractivity contribution is 7.99. The van der Waals surface area contributed by atoms with Gasteiger partial charge in [0.25, 0.3) is 5.56 Å². The molecule has 9 nitrogen and oxygen atoms in total. The van der Waals surface area contributed by atoms with E-state index >= 15 is 0 Å². The third kappa shape index (κ3) is 4.00. The summed E-state index contributed by atoms with van der Waals surface area (Å²) in [5.41, 5.74) is 5.15. The molecule has 0 amide bonds. The zero-order valence-corrected chi connectivity index (χ0v) is 15.4. The van der Waals surface area contributed by atoms with Crippen LogP contribution in [0.4, 0.5) is 5.82 Å². The van der Waals surface area contributed by atoms with Crippen LogP contribution >= 0.6 is 11.8 Å². The van der Waals surface area contributed by atoms with E-state index in [-0.39, 0.29) is 17.1 Å². The molecule has 0 unspecified atom stereocenters. The van der Waals surface area contributed by atoms with Crippen LogP contribution in [0.3, 0.4) is 0 Å². The number of anilines is 1. The van der Waals surface area contributed by atoms with Gasteiger partial charge in [-0.2, -0.15) is 0 Å². The minimum Gasteiger partial charge on any atom is -0.384 e. The maximum Gasteiger partial charge on any atom is 0.329 e. The van der Waals surface area contributed by atoms with Crippen LogP contribution in [-0.4, -0.2) is 36.3 Å². The van der Waals surface area contributed by atoms with Gasteiger partial charge in [-0.3, -0.25) is 24.2 Å². The molecule has 0 aliphatic heterocycles. The van der Waals surface area contributed by atoms with Gasteiger partial charge >= 0.3 is 5.69 Å². The number of rotatable bonds is 7. The number of carbonyl (C=O) groups is 1. The second-order valence-electron chi connectivity index (χ2n) is 5.72. The van der Waals surface area contributed by atoms with Crippen LogP contribution in [0, 0.1) is 0 Å². The molecule has 0 aliphatic rings. The van der Waals surface area contributed by atoms with Gasteiger partial charge in [-0.25, -0.2) is 9.78 Å². The lowest BCUT2D eigenvalue weighted by Crippen LogP contribution is -2.36. The molecule has 27 heavy (non-hydrogen) atoms. The number of aromatic nitrogens is 5. The number of aromatic amines is 2. The molecular formula is C17H18N6O3S. The average Bonchev–Trinajstić information content (AvgIpc) is 3.13. The van der Waals surface area contributed by atoms with Gasteiger partial charge in [0.15, 0.2) is 11.6 Å². The number of carbonyl (C=O) groups excluding carboxylic acids is 1. The molecule has 0 saturated heterocycles. The number of hydrogen-bond donors (Lipinski definition) is 3. The van der Waals surface area contributed by atoms with E-state index in [1.54, 1.807) is 0 Å². The standard InChI is InChI=1S/C17H18N6O3S/c1-2-8-23-13(18)12(15(25)20-17(23)26)11(24)9-27-16-19-14(21-22-16)10-6-4-3-5-7-10/h3-7H,2,8-9,18H2,1H3,(H,19,21,22)(H,20,25,26). The van der Waals surface area contributed by atoms with Crippen molar-refractivity contribution < 1.29 is 4.79 Å². The normalized spacial score (nSPS) is 10.9. The Kier molecular flexibility index (Phi) is 5.55. The van der Waals surface area contributed by atoms with Gasteiger partial charge in [-0.1, -0.05) is 49.0 Å². The topological polar surface area (TPSA) is 140 Å². The molecule has 1 aromatic carbocycles. The highest BCUT2D eigenvalue weighted by Crippen LogP contribution is 2.20. The van der Waals surface area contributed by atoms with E-state index in [1.807, 2.05) is 37.3 Å². The Morgan fingerprint density at radius 1 is 1.26 bits per heavy atom. The fourth-order valence-corrected chi connectivity index (χ4v) is 3.21. The van der Waals surface area contributed by atoms with Crippen molar-refractivity contribution in [1.82, 2.24) is 24.7 Å². The molecule has 4 N–H and O–H groups in total. The van der Waals surface area contributed by atoms with Crippen LogP contribution in [0.5, 0.6) is 0 Å². The minimum atomic E-state index is -0.782. The summed E-state index contributed by atoms with van der Waals surface area (Å²) in [6.45, 7) is 2.18. The van der Waals surface area contributed by atoms with Crippen LogP contribution in [0.2, 0.25) is 0 Å². The Labute approximate surface area is 158 Å². The summed E-state index contributed by atoms with van der Waals surface area (Å²) >= 11 is 1.08. The van der Waals surface area contributed by atoms with Crippen molar-refractivity contribution in [3.8, 4) is 11.4 Å². The number of Topliss-reactive ketones (excluding diaryl/α,β-unsaturated/α-hetero) is 1. The van der Waals surface area contributed by atoms with Crippen LogP contribution in [0.25, 0.3) is 11.4 Å². The Bertz CT molecular complexity index is 1070. The Morgan fingerprint density at radius 2 is 2.00 bits per heavy atom. The summed E-state index contributed by atoms with van der Waals surface area (Å²) in [5, 5.41) is 7.25. The first-order valence-electron chi connectivity index (χ1n) is 8.27. The smallest absolute Gasteiger partial charge is 0.329 e. The lowest BCUT2D eigenvalue weighted by Gasteiger charge is -2.10. The largest absolute Gasteiger partial charge is 0.384 e. The van der Waals surface area contributed by atoms with Crippen molar-refractivity contribution in [2.75, 3.05) is 11.5 Å². The number of hydrogen-bond acceptors (Lipinski definition) is 7. The number of nitrogens with zero attached hydrogens (tertiary/aromatic N) is 3. The van der Waals surface area contributed by atoms with Crippen molar-refractivity contribution in [1.29, 1.82) is 0 Å². The lowest BCUT2D eigenvalue weighted by molar-refractivity contribution is 0.102. The maximum absolute atomic E-state index is 12.5. The van der Waals surface area contributed by atoms with Gasteiger partial charge in [0, 0.05) is 12.1 Å². The molecule has 0 radical (unpaired) electrons. The average molecular weight is 386 g/mol. The lowest BCUT2D eigenvalue weighted by atomic mass is 10.2. The van der Waals surface area contributed by atoms with Crippen LogP contribution in [0.15, 0.2) is 45.1 Å². The van der Waals surface area contributed by atoms with Crippen LogP contribution in [0.1, 0.15) is 23.7 Å². The number of H-pyrrole nitrogens is 2. The molecule has 0 fully saturated rings. The first-order chi connectivity index (χ1) is 13.0. The fraction of sp³-hybridized carbons (Fsp3) is 0.235. The zero-order chi connectivity index (χ0) is 19.4. The highest BCUT2D eigenvalue weighted by Gasteiger charge is 2.20. The number of nitrogens with one attached hydrogen (secondary N) is 2. The molecule has 3 rings (SSSR count). The summed E-state index contributed by atoms with van der Waals surface area (Å²) < 4.78 is 1.19. The van der Waals surface area contributed by atoms with Crippen molar-refractivity contribution in [2.45, 2.75) is 25.0 Å². The van der Waals surface area contributed by atoms with Gasteiger partial charge in [0.2, 0.25) is 5.16 Å². The third-order valence-electron chi connectivity index (χ3n) is 3.81. The number of ketones is 1. The van der Waals surface area contributed by atoms with Crippen molar-refractivity contribution in [3.63, 3.8) is 0 Å². The van der Waals surface area contributed by atoms with Crippen LogP contribution in [-0.2, 0) is 6.54 Å². The molecule has 2 heterocycles. The van der Waals surface area contributed by atoms with E-state index in [4.69, 9.17) is 5.73 Å². The van der Waals surface area contributed by atoms with Crippen LogP contribution < -0.4 is 17.0 Å². The summed E-state index contributed by atoms with van der Waals surface area (Å²) in [4.78, 5) is 42.8. The number of nitrogens with two attached hydrogens (primary N) is 1. The van der Waals surface area contributed by atoms with Gasteiger partial charge < -0.3 is 5.73 Å².